The number of aromatic nitrogens is 3. The van der Waals surface area contributed by atoms with Gasteiger partial charge in [0.05, 0.1) is 29.4 Å². The van der Waals surface area contributed by atoms with Crippen molar-refractivity contribution in [1.29, 1.82) is 0 Å². The molecule has 1 N–H and O–H groups in total. The highest BCUT2D eigenvalue weighted by atomic mass is 19.1. The lowest BCUT2D eigenvalue weighted by molar-refractivity contribution is -0.116. The Hall–Kier alpha value is -4.67. The number of carbonyl (C=O) groups is 2. The van der Waals surface area contributed by atoms with Crippen LogP contribution in [0.15, 0.2) is 64.2 Å². The normalized spacial score (nSPS) is 10.9. The number of rotatable bonds is 5. The van der Waals surface area contributed by atoms with Gasteiger partial charge in [0.1, 0.15) is 18.2 Å². The summed E-state index contributed by atoms with van der Waals surface area (Å²) in [6.45, 7) is 0.739. The van der Waals surface area contributed by atoms with E-state index in [1.165, 1.54) is 6.07 Å². The number of methoxy groups -OCH3 is 1. The van der Waals surface area contributed by atoms with Crippen LogP contribution < -0.4 is 16.6 Å². The maximum absolute atomic E-state index is 14.0. The van der Waals surface area contributed by atoms with Crippen LogP contribution in [-0.4, -0.2) is 33.1 Å². The fourth-order valence-electron chi connectivity index (χ4n) is 3.61. The predicted molar refractivity (Wildman–Crippen MR) is 123 cm³/mol. The number of benzene rings is 2. The Kier molecular flexibility index (Phi) is 6.24. The number of pyridine rings is 1. The van der Waals surface area contributed by atoms with Gasteiger partial charge in [-0.15, -0.1) is 0 Å². The fourth-order valence-corrected chi connectivity index (χ4v) is 3.61. The monoisotopic (exact) mass is 480 g/mol. The summed E-state index contributed by atoms with van der Waals surface area (Å²) in [6, 6.07) is 12.0. The molecular formula is C24H18F2N4O5. The second kappa shape index (κ2) is 9.29. The molecule has 0 bridgehead atoms. The Morgan fingerprint density at radius 2 is 1.77 bits per heavy atom. The van der Waals surface area contributed by atoms with Gasteiger partial charge in [-0.05, 0) is 37.3 Å². The van der Waals surface area contributed by atoms with Crippen molar-refractivity contribution in [2.75, 3.05) is 12.4 Å². The average Bonchev–Trinajstić information content (AvgIpc) is 2.83. The SMILES string of the molecule is COC(=O)c1cc(C)nc2c1c(=O)n(CC(=O)Nc1cc(F)ccc1F)c(=O)n2-c1ccccc1. The lowest BCUT2D eigenvalue weighted by atomic mass is 10.1. The minimum absolute atomic E-state index is 0.0977. The largest absolute Gasteiger partial charge is 0.465 e. The van der Waals surface area contributed by atoms with Crippen molar-refractivity contribution in [3.05, 3.63) is 98.3 Å². The number of para-hydroxylation sites is 1. The van der Waals surface area contributed by atoms with Crippen LogP contribution in [0.25, 0.3) is 16.7 Å². The van der Waals surface area contributed by atoms with E-state index >= 15 is 0 Å². The minimum Gasteiger partial charge on any atom is -0.465 e. The number of nitrogens with one attached hydrogen (secondary N) is 1. The summed E-state index contributed by atoms with van der Waals surface area (Å²) in [5, 5.41) is 1.91. The standard InChI is InChI=1S/C24H18F2N4O5/c1-13-10-16(23(33)35-2)20-21(27-13)30(15-6-4-3-5-7-15)24(34)29(22(20)32)12-19(31)28-18-11-14(25)8-9-17(18)26/h3-11H,12H2,1-2H3,(H,28,31). The van der Waals surface area contributed by atoms with E-state index in [9.17, 15) is 28.0 Å². The molecule has 0 aliphatic heterocycles. The molecule has 0 atom stereocenters. The molecule has 1 amide bonds. The Morgan fingerprint density at radius 1 is 1.06 bits per heavy atom. The molecule has 2 aromatic carbocycles. The number of fused-ring (bicyclic) bond motifs is 1. The second-order valence-electron chi connectivity index (χ2n) is 7.52. The first kappa shape index (κ1) is 23.5. The van der Waals surface area contributed by atoms with Crippen molar-refractivity contribution in [2.24, 2.45) is 0 Å². The zero-order chi connectivity index (χ0) is 25.3. The van der Waals surface area contributed by atoms with Crippen LogP contribution in [-0.2, 0) is 16.1 Å². The summed E-state index contributed by atoms with van der Waals surface area (Å²) in [6.07, 6.45) is 0. The van der Waals surface area contributed by atoms with Crippen LogP contribution in [0.4, 0.5) is 14.5 Å². The van der Waals surface area contributed by atoms with Gasteiger partial charge in [0.2, 0.25) is 5.91 Å². The molecule has 0 spiro atoms. The number of nitrogens with zero attached hydrogens (tertiary/aromatic N) is 3. The van der Waals surface area contributed by atoms with E-state index in [1.807, 2.05) is 0 Å². The summed E-state index contributed by atoms with van der Waals surface area (Å²) in [4.78, 5) is 56.2. The van der Waals surface area contributed by atoms with E-state index < -0.39 is 47.0 Å². The van der Waals surface area contributed by atoms with Crippen LogP contribution in [0.1, 0.15) is 16.1 Å². The highest BCUT2D eigenvalue weighted by molar-refractivity contribution is 6.02. The molecule has 2 heterocycles. The first-order chi connectivity index (χ1) is 16.7. The van der Waals surface area contributed by atoms with E-state index in [-0.39, 0.29) is 16.6 Å². The number of aryl methyl sites for hydroxylation is 1. The third-order valence-corrected chi connectivity index (χ3v) is 5.15. The number of hydrogen-bond acceptors (Lipinski definition) is 6. The molecule has 4 rings (SSSR count). The Labute approximate surface area is 196 Å². The maximum Gasteiger partial charge on any atom is 0.338 e. The van der Waals surface area contributed by atoms with E-state index in [0.29, 0.717) is 15.9 Å². The van der Waals surface area contributed by atoms with E-state index in [4.69, 9.17) is 4.74 Å². The predicted octanol–water partition coefficient (Wildman–Crippen LogP) is 2.56. The lowest BCUT2D eigenvalue weighted by Gasteiger charge is -2.15. The molecular weight excluding hydrogens is 462 g/mol. The van der Waals surface area contributed by atoms with Crippen molar-refractivity contribution < 1.29 is 23.1 Å². The van der Waals surface area contributed by atoms with Crippen LogP contribution in [0.3, 0.4) is 0 Å². The Morgan fingerprint density at radius 3 is 2.46 bits per heavy atom. The second-order valence-corrected chi connectivity index (χ2v) is 7.52. The summed E-state index contributed by atoms with van der Waals surface area (Å²) < 4.78 is 33.9. The van der Waals surface area contributed by atoms with E-state index in [2.05, 4.69) is 10.3 Å². The zero-order valence-electron chi connectivity index (χ0n) is 18.5. The van der Waals surface area contributed by atoms with Gasteiger partial charge in [0.25, 0.3) is 5.56 Å². The van der Waals surface area contributed by atoms with Crippen LogP contribution in [0.5, 0.6) is 0 Å². The Balaban J connectivity index is 1.95. The van der Waals surface area contributed by atoms with Gasteiger partial charge in [-0.25, -0.2) is 32.5 Å². The van der Waals surface area contributed by atoms with Crippen molar-refractivity contribution in [1.82, 2.24) is 14.1 Å². The third kappa shape index (κ3) is 4.43. The highest BCUT2D eigenvalue weighted by Crippen LogP contribution is 2.19. The van der Waals surface area contributed by atoms with Gasteiger partial charge >= 0.3 is 11.7 Å². The molecule has 2 aromatic heterocycles. The molecule has 9 nitrogen and oxygen atoms in total. The van der Waals surface area contributed by atoms with Gasteiger partial charge in [-0.1, -0.05) is 18.2 Å². The molecule has 4 aromatic rings. The number of halogens is 2. The third-order valence-electron chi connectivity index (χ3n) is 5.15. The molecule has 0 radical (unpaired) electrons. The van der Waals surface area contributed by atoms with Crippen LogP contribution in [0, 0.1) is 18.6 Å². The summed E-state index contributed by atoms with van der Waals surface area (Å²) in [5.74, 6) is -3.50. The number of esters is 1. The van der Waals surface area contributed by atoms with Crippen molar-refractivity contribution in [3.63, 3.8) is 0 Å². The first-order valence-corrected chi connectivity index (χ1v) is 10.3. The van der Waals surface area contributed by atoms with Gasteiger partial charge in [0, 0.05) is 11.8 Å². The molecule has 11 heteroatoms. The minimum atomic E-state index is -0.972. The summed E-state index contributed by atoms with van der Waals surface area (Å²) >= 11 is 0. The molecule has 0 saturated heterocycles. The van der Waals surface area contributed by atoms with Crippen molar-refractivity contribution in [3.8, 4) is 5.69 Å². The number of carbonyl (C=O) groups excluding carboxylic acids is 2. The van der Waals surface area contributed by atoms with Crippen molar-refractivity contribution in [2.45, 2.75) is 13.5 Å². The van der Waals surface area contributed by atoms with Crippen LogP contribution >= 0.6 is 0 Å². The van der Waals surface area contributed by atoms with Gasteiger partial charge in [0.15, 0.2) is 5.65 Å². The smallest absolute Gasteiger partial charge is 0.338 e. The summed E-state index contributed by atoms with van der Waals surface area (Å²) in [7, 11) is 1.14. The highest BCUT2D eigenvalue weighted by Gasteiger charge is 2.24. The quantitative estimate of drug-likeness (QED) is 0.440. The Bertz CT molecular complexity index is 1600. The van der Waals surface area contributed by atoms with Gasteiger partial charge in [-0.2, -0.15) is 0 Å². The molecule has 0 aliphatic carbocycles. The number of hydrogen-bond donors (Lipinski definition) is 1. The van der Waals surface area contributed by atoms with E-state index in [1.54, 1.807) is 37.3 Å². The average molecular weight is 480 g/mol. The topological polar surface area (TPSA) is 112 Å². The number of ether oxygens (including phenoxy) is 1. The van der Waals surface area contributed by atoms with Crippen molar-refractivity contribution >= 4 is 28.6 Å². The summed E-state index contributed by atoms with van der Waals surface area (Å²) in [5.41, 5.74) is -1.92. The molecule has 0 aliphatic rings. The number of amides is 1. The molecule has 0 fully saturated rings. The van der Waals surface area contributed by atoms with E-state index in [0.717, 1.165) is 29.9 Å². The molecule has 178 valence electrons. The maximum atomic E-state index is 14.0. The zero-order valence-corrected chi connectivity index (χ0v) is 18.5. The molecule has 0 unspecified atom stereocenters. The van der Waals surface area contributed by atoms with Gasteiger partial charge in [-0.3, -0.25) is 9.59 Å². The first-order valence-electron chi connectivity index (χ1n) is 10.3. The lowest BCUT2D eigenvalue weighted by Crippen LogP contribution is -2.43. The van der Waals surface area contributed by atoms with Gasteiger partial charge < -0.3 is 10.1 Å². The van der Waals surface area contributed by atoms with Crippen LogP contribution in [0.2, 0.25) is 0 Å². The molecule has 0 saturated carbocycles. The molecule has 35 heavy (non-hydrogen) atoms. The fraction of sp³-hybridized carbons (Fsp3) is 0.125. The number of anilines is 1.